The quantitative estimate of drug-likeness (QED) is 0.588. The first-order chi connectivity index (χ1) is 12.7. The predicted molar refractivity (Wildman–Crippen MR) is 102 cm³/mol. The third-order valence-corrected chi connectivity index (χ3v) is 4.96. The zero-order valence-electron chi connectivity index (χ0n) is 13.8. The highest BCUT2D eigenvalue weighted by Crippen LogP contribution is 2.29. The van der Waals surface area contributed by atoms with Crippen LogP contribution in [0.15, 0.2) is 60.9 Å². The molecule has 26 heavy (non-hydrogen) atoms. The van der Waals surface area contributed by atoms with Crippen molar-refractivity contribution in [1.29, 1.82) is 0 Å². The molecule has 1 aliphatic rings. The summed E-state index contributed by atoms with van der Waals surface area (Å²) in [5.41, 5.74) is 4.46. The van der Waals surface area contributed by atoms with E-state index in [9.17, 15) is 4.79 Å². The normalized spacial score (nSPS) is 13.7. The maximum Gasteiger partial charge on any atom is 0.253 e. The number of benzene rings is 2. The topological polar surface area (TPSA) is 51.9 Å². The Labute approximate surface area is 154 Å². The smallest absolute Gasteiger partial charge is 0.253 e. The summed E-state index contributed by atoms with van der Waals surface area (Å²) in [5.74, 6) is 0.830. The van der Waals surface area contributed by atoms with Crippen molar-refractivity contribution in [3.05, 3.63) is 71.5 Å². The van der Waals surface area contributed by atoms with Gasteiger partial charge in [-0.25, -0.2) is 4.98 Å². The van der Waals surface area contributed by atoms with Gasteiger partial charge < -0.3 is 14.5 Å². The number of carbonyl (C=O) groups excluding carboxylic acids is 1. The van der Waals surface area contributed by atoms with Crippen LogP contribution >= 0.6 is 11.6 Å². The molecule has 3 heterocycles. The summed E-state index contributed by atoms with van der Waals surface area (Å²) in [4.78, 5) is 17.1. The van der Waals surface area contributed by atoms with Crippen LogP contribution in [0.2, 0.25) is 5.02 Å². The second-order valence-electron chi connectivity index (χ2n) is 6.30. The molecule has 0 radical (unpaired) electrons. The average molecular weight is 363 g/mol. The molecule has 2 aromatic carbocycles. The number of para-hydroxylation sites is 1. The molecule has 0 fully saturated rings. The fourth-order valence-electron chi connectivity index (χ4n) is 3.49. The molecule has 1 amide bonds. The van der Waals surface area contributed by atoms with E-state index in [1.807, 2.05) is 65.5 Å². The summed E-state index contributed by atoms with van der Waals surface area (Å²) in [6.45, 7) is 1.28. The Morgan fingerprint density at radius 1 is 1.08 bits per heavy atom. The van der Waals surface area contributed by atoms with Gasteiger partial charge >= 0.3 is 0 Å². The molecule has 0 saturated heterocycles. The van der Waals surface area contributed by atoms with Gasteiger partial charge in [-0.3, -0.25) is 4.79 Å². The monoisotopic (exact) mass is 362 g/mol. The first-order valence-corrected chi connectivity index (χ1v) is 8.80. The number of amides is 1. The molecule has 0 bridgehead atoms. The van der Waals surface area contributed by atoms with Crippen molar-refractivity contribution in [2.75, 3.05) is 6.54 Å². The average Bonchev–Trinajstić information content (AvgIpc) is 3.23. The number of hydrogen-bond acceptors (Lipinski definition) is 2. The van der Waals surface area contributed by atoms with Gasteiger partial charge in [-0.1, -0.05) is 17.7 Å². The summed E-state index contributed by atoms with van der Waals surface area (Å²) < 4.78 is 4.17. The second kappa shape index (κ2) is 5.75. The number of carbonyl (C=O) groups is 1. The highest BCUT2D eigenvalue weighted by atomic mass is 35.5. The molecule has 0 unspecified atom stereocenters. The van der Waals surface area contributed by atoms with Crippen LogP contribution in [-0.2, 0) is 6.54 Å². The van der Waals surface area contributed by atoms with E-state index in [0.29, 0.717) is 23.7 Å². The summed E-state index contributed by atoms with van der Waals surface area (Å²) in [6.07, 6.45) is 4.06. The lowest BCUT2D eigenvalue weighted by Gasteiger charge is -2.06. The van der Waals surface area contributed by atoms with Crippen molar-refractivity contribution in [3.63, 3.8) is 0 Å². The molecular formula is C20H15ClN4O. The lowest BCUT2D eigenvalue weighted by Crippen LogP contribution is -2.24. The molecule has 2 aromatic heterocycles. The molecule has 0 spiro atoms. The Morgan fingerprint density at radius 2 is 1.92 bits per heavy atom. The van der Waals surface area contributed by atoms with Crippen LogP contribution in [0.3, 0.4) is 0 Å². The molecular weight excluding hydrogens is 348 g/mol. The SMILES string of the molecule is O=C1NCCn2c(-c3ccn(-c4ccc(Cl)cc4)c3)nc3cccc1c32. The number of nitrogens with zero attached hydrogens (tertiary/aromatic N) is 3. The van der Waals surface area contributed by atoms with E-state index in [-0.39, 0.29) is 5.91 Å². The van der Waals surface area contributed by atoms with Crippen molar-refractivity contribution in [1.82, 2.24) is 19.4 Å². The number of nitrogens with one attached hydrogen (secondary N) is 1. The van der Waals surface area contributed by atoms with Gasteiger partial charge in [-0.05, 0) is 42.5 Å². The van der Waals surface area contributed by atoms with Crippen LogP contribution in [0.5, 0.6) is 0 Å². The van der Waals surface area contributed by atoms with E-state index < -0.39 is 0 Å². The minimum absolute atomic E-state index is 0.0421. The lowest BCUT2D eigenvalue weighted by molar-refractivity contribution is 0.0956. The first-order valence-electron chi connectivity index (χ1n) is 8.42. The maximum atomic E-state index is 12.3. The number of hydrogen-bond donors (Lipinski definition) is 1. The van der Waals surface area contributed by atoms with Gasteiger partial charge in [0.05, 0.1) is 16.6 Å². The highest BCUT2D eigenvalue weighted by Gasteiger charge is 2.22. The molecule has 0 saturated carbocycles. The van der Waals surface area contributed by atoms with Crippen LogP contribution in [-0.4, -0.2) is 26.6 Å². The zero-order chi connectivity index (χ0) is 17.7. The standard InChI is InChI=1S/C20H15ClN4O/c21-14-4-6-15(7-5-14)24-10-8-13(12-24)19-23-17-3-1-2-16-18(17)25(19)11-9-22-20(16)26/h1-8,10,12H,9,11H2,(H,22,26). The van der Waals surface area contributed by atoms with Gasteiger partial charge in [-0.15, -0.1) is 0 Å². The van der Waals surface area contributed by atoms with Gasteiger partial charge in [0.1, 0.15) is 5.82 Å². The molecule has 5 nitrogen and oxygen atoms in total. The Bertz CT molecular complexity index is 1140. The Hall–Kier alpha value is -3.05. The zero-order valence-corrected chi connectivity index (χ0v) is 14.6. The van der Waals surface area contributed by atoms with Crippen molar-refractivity contribution in [3.8, 4) is 17.1 Å². The van der Waals surface area contributed by atoms with E-state index >= 15 is 0 Å². The van der Waals surface area contributed by atoms with E-state index in [1.54, 1.807) is 0 Å². The predicted octanol–water partition coefficient (Wildman–Crippen LogP) is 3.89. The Morgan fingerprint density at radius 3 is 2.77 bits per heavy atom. The molecule has 0 aliphatic carbocycles. The molecule has 1 aliphatic heterocycles. The van der Waals surface area contributed by atoms with Gasteiger partial charge in [0, 0.05) is 41.8 Å². The van der Waals surface area contributed by atoms with Gasteiger partial charge in [0.2, 0.25) is 0 Å². The lowest BCUT2D eigenvalue weighted by atomic mass is 10.2. The second-order valence-corrected chi connectivity index (χ2v) is 6.74. The van der Waals surface area contributed by atoms with Crippen molar-refractivity contribution in [2.24, 2.45) is 0 Å². The number of aromatic nitrogens is 3. The minimum Gasteiger partial charge on any atom is -0.350 e. The molecule has 4 aromatic rings. The number of halogens is 1. The molecule has 6 heteroatoms. The largest absolute Gasteiger partial charge is 0.350 e. The third-order valence-electron chi connectivity index (χ3n) is 4.71. The van der Waals surface area contributed by atoms with Crippen LogP contribution in [0.1, 0.15) is 10.4 Å². The van der Waals surface area contributed by atoms with Crippen LogP contribution in [0, 0.1) is 0 Å². The molecule has 0 atom stereocenters. The Kier molecular flexibility index (Phi) is 3.36. The molecule has 1 N–H and O–H groups in total. The van der Waals surface area contributed by atoms with Crippen LogP contribution in [0.25, 0.3) is 28.1 Å². The fourth-order valence-corrected chi connectivity index (χ4v) is 3.61. The molecule has 128 valence electrons. The summed E-state index contributed by atoms with van der Waals surface area (Å²) in [7, 11) is 0. The summed E-state index contributed by atoms with van der Waals surface area (Å²) in [6, 6.07) is 15.4. The van der Waals surface area contributed by atoms with Crippen LogP contribution < -0.4 is 5.32 Å². The van der Waals surface area contributed by atoms with Crippen molar-refractivity contribution < 1.29 is 4.79 Å². The molecule has 5 rings (SSSR count). The number of rotatable bonds is 2. The van der Waals surface area contributed by atoms with E-state index in [4.69, 9.17) is 16.6 Å². The summed E-state index contributed by atoms with van der Waals surface area (Å²) in [5, 5.41) is 3.66. The fraction of sp³-hybridized carbons (Fsp3) is 0.100. The van der Waals surface area contributed by atoms with Gasteiger partial charge in [-0.2, -0.15) is 0 Å². The maximum absolute atomic E-state index is 12.3. The van der Waals surface area contributed by atoms with Gasteiger partial charge in [0.15, 0.2) is 0 Å². The first kappa shape index (κ1) is 15.2. The van der Waals surface area contributed by atoms with Crippen molar-refractivity contribution >= 4 is 28.5 Å². The van der Waals surface area contributed by atoms with Crippen molar-refractivity contribution in [2.45, 2.75) is 6.54 Å². The third kappa shape index (κ3) is 2.32. The number of imidazole rings is 1. The van der Waals surface area contributed by atoms with Crippen LogP contribution in [0.4, 0.5) is 0 Å². The summed E-state index contributed by atoms with van der Waals surface area (Å²) >= 11 is 5.98. The highest BCUT2D eigenvalue weighted by molar-refractivity contribution is 6.30. The van der Waals surface area contributed by atoms with E-state index in [2.05, 4.69) is 9.88 Å². The van der Waals surface area contributed by atoms with Gasteiger partial charge in [0.25, 0.3) is 5.91 Å². The minimum atomic E-state index is -0.0421. The Balaban J connectivity index is 1.66. The van der Waals surface area contributed by atoms with E-state index in [1.165, 1.54) is 0 Å². The van der Waals surface area contributed by atoms with E-state index in [0.717, 1.165) is 28.1 Å².